The molecule has 9 heteroatoms. The Kier molecular flexibility index (Phi) is 6.10. The first-order valence-corrected chi connectivity index (χ1v) is 8.91. The van der Waals surface area contributed by atoms with Crippen LogP contribution in [-0.4, -0.2) is 25.0 Å². The Balaban J connectivity index is 1.85. The number of halogens is 2. The summed E-state index contributed by atoms with van der Waals surface area (Å²) in [5.41, 5.74) is 4.96. The Labute approximate surface area is 169 Å². The van der Waals surface area contributed by atoms with E-state index < -0.39 is 47.1 Å². The van der Waals surface area contributed by atoms with E-state index in [1.165, 1.54) is 25.3 Å². The zero-order chi connectivity index (χ0) is 21.8. The largest absolute Gasteiger partial charge is 0.497 e. The van der Waals surface area contributed by atoms with Crippen LogP contribution in [0.25, 0.3) is 11.0 Å². The maximum Gasteiger partial charge on any atom is 0.336 e. The molecule has 30 heavy (non-hydrogen) atoms. The van der Waals surface area contributed by atoms with Gasteiger partial charge in [-0.1, -0.05) is 6.07 Å². The number of carbonyl (C=O) groups is 2. The summed E-state index contributed by atoms with van der Waals surface area (Å²) in [5.74, 6) is -2.94. The second-order valence-corrected chi connectivity index (χ2v) is 6.56. The van der Waals surface area contributed by atoms with Crippen LogP contribution in [0.3, 0.4) is 0 Å². The molecule has 0 saturated carbocycles. The number of hydrogen-bond acceptors (Lipinski definition) is 5. The van der Waals surface area contributed by atoms with Gasteiger partial charge in [0.15, 0.2) is 0 Å². The van der Waals surface area contributed by atoms with E-state index >= 15 is 0 Å². The molecule has 0 aliphatic rings. The number of ether oxygens (including phenoxy) is 1. The van der Waals surface area contributed by atoms with Gasteiger partial charge in [-0.15, -0.1) is 0 Å². The molecule has 0 aliphatic carbocycles. The molecule has 2 aromatic carbocycles. The summed E-state index contributed by atoms with van der Waals surface area (Å²) in [4.78, 5) is 36.1. The summed E-state index contributed by atoms with van der Waals surface area (Å²) in [7, 11) is 1.46. The number of nitrogens with two attached hydrogens (primary N) is 1. The topological polar surface area (TPSA) is 112 Å². The van der Waals surface area contributed by atoms with E-state index in [1.807, 2.05) is 0 Å². The normalized spacial score (nSPS) is 11.8. The van der Waals surface area contributed by atoms with Crippen molar-refractivity contribution in [3.05, 3.63) is 75.6 Å². The first-order valence-electron chi connectivity index (χ1n) is 8.91. The van der Waals surface area contributed by atoms with Crippen molar-refractivity contribution in [1.29, 1.82) is 0 Å². The Morgan fingerprint density at radius 3 is 2.50 bits per heavy atom. The number of amides is 2. The molecule has 0 saturated heterocycles. The molecule has 3 N–H and O–H groups in total. The fourth-order valence-electron chi connectivity index (χ4n) is 3.06. The fourth-order valence-corrected chi connectivity index (χ4v) is 3.06. The van der Waals surface area contributed by atoms with Crippen molar-refractivity contribution in [2.45, 2.75) is 18.9 Å². The minimum absolute atomic E-state index is 0.116. The van der Waals surface area contributed by atoms with Crippen LogP contribution in [0.15, 0.2) is 51.7 Å². The number of fused-ring (bicyclic) bond motifs is 1. The SMILES string of the molecule is COc1ccc2c(C[C@@H](NC(=O)Cc3c(F)cccc3F)C(N)=O)cc(=O)oc2c1. The van der Waals surface area contributed by atoms with Crippen LogP contribution in [0.4, 0.5) is 8.78 Å². The standard InChI is InChI=1S/C21H18F2N2O5/c1-29-12-5-6-13-11(8-20(27)30-18(13)9-12)7-17(21(24)28)25-19(26)10-14-15(22)3-2-4-16(14)23/h2-6,8-9,17H,7,10H2,1H3,(H2,24,28)(H,25,26)/t17-/m1/s1. The lowest BCUT2D eigenvalue weighted by atomic mass is 10.0. The number of methoxy groups -OCH3 is 1. The molecule has 0 spiro atoms. The minimum atomic E-state index is -1.21. The van der Waals surface area contributed by atoms with Crippen molar-refractivity contribution in [1.82, 2.24) is 5.32 Å². The van der Waals surface area contributed by atoms with Gasteiger partial charge in [0.05, 0.1) is 13.5 Å². The Bertz CT molecular complexity index is 1160. The zero-order valence-electron chi connectivity index (χ0n) is 15.9. The van der Waals surface area contributed by atoms with E-state index in [0.29, 0.717) is 16.7 Å². The van der Waals surface area contributed by atoms with E-state index in [4.69, 9.17) is 14.9 Å². The van der Waals surface area contributed by atoms with Crippen molar-refractivity contribution in [3.8, 4) is 5.75 Å². The van der Waals surface area contributed by atoms with Crippen LogP contribution in [0.2, 0.25) is 0 Å². The molecule has 3 aromatic rings. The molecule has 7 nitrogen and oxygen atoms in total. The smallest absolute Gasteiger partial charge is 0.336 e. The second-order valence-electron chi connectivity index (χ2n) is 6.56. The summed E-state index contributed by atoms with van der Waals surface area (Å²) in [6.07, 6.45) is -0.730. The molecule has 1 heterocycles. The first-order chi connectivity index (χ1) is 14.3. The first kappa shape index (κ1) is 21.0. The molecule has 2 amide bonds. The summed E-state index contributed by atoms with van der Waals surface area (Å²) in [5, 5.41) is 2.89. The van der Waals surface area contributed by atoms with E-state index in [1.54, 1.807) is 12.1 Å². The number of carbonyl (C=O) groups excluding carboxylic acids is 2. The Morgan fingerprint density at radius 2 is 1.87 bits per heavy atom. The molecule has 3 rings (SSSR count). The maximum atomic E-state index is 13.8. The molecule has 1 atom stereocenters. The summed E-state index contributed by atoms with van der Waals surface area (Å²) in [6.45, 7) is 0. The molecular formula is C21H18F2N2O5. The van der Waals surface area contributed by atoms with E-state index in [-0.39, 0.29) is 12.0 Å². The number of hydrogen-bond donors (Lipinski definition) is 2. The highest BCUT2D eigenvalue weighted by Gasteiger charge is 2.22. The van der Waals surface area contributed by atoms with E-state index in [2.05, 4.69) is 5.32 Å². The lowest BCUT2D eigenvalue weighted by Crippen LogP contribution is -2.46. The number of nitrogens with one attached hydrogen (secondary N) is 1. The third-order valence-electron chi connectivity index (χ3n) is 4.54. The highest BCUT2D eigenvalue weighted by molar-refractivity contribution is 5.89. The number of rotatable bonds is 7. The van der Waals surface area contributed by atoms with Crippen LogP contribution in [0.5, 0.6) is 5.75 Å². The second kappa shape index (κ2) is 8.73. The van der Waals surface area contributed by atoms with Gasteiger partial charge in [0, 0.05) is 29.5 Å². The van der Waals surface area contributed by atoms with Crippen LogP contribution in [0, 0.1) is 11.6 Å². The summed E-state index contributed by atoms with van der Waals surface area (Å²) >= 11 is 0. The van der Waals surface area contributed by atoms with Gasteiger partial charge in [-0.05, 0) is 29.8 Å². The monoisotopic (exact) mass is 416 g/mol. The minimum Gasteiger partial charge on any atom is -0.497 e. The van der Waals surface area contributed by atoms with E-state index in [9.17, 15) is 23.2 Å². The van der Waals surface area contributed by atoms with Crippen molar-refractivity contribution < 1.29 is 27.5 Å². The molecule has 0 aliphatic heterocycles. The average molecular weight is 416 g/mol. The third kappa shape index (κ3) is 4.62. The quantitative estimate of drug-likeness (QED) is 0.571. The highest BCUT2D eigenvalue weighted by Crippen LogP contribution is 2.23. The number of benzene rings is 2. The predicted molar refractivity (Wildman–Crippen MR) is 104 cm³/mol. The fraction of sp³-hybridized carbons (Fsp3) is 0.190. The molecule has 0 bridgehead atoms. The van der Waals surface area contributed by atoms with Gasteiger partial charge >= 0.3 is 5.63 Å². The molecular weight excluding hydrogens is 398 g/mol. The molecule has 156 valence electrons. The van der Waals surface area contributed by atoms with Gasteiger partial charge in [-0.2, -0.15) is 0 Å². The Hall–Kier alpha value is -3.75. The van der Waals surface area contributed by atoms with E-state index in [0.717, 1.165) is 12.1 Å². The molecule has 1 aromatic heterocycles. The van der Waals surface area contributed by atoms with Crippen LogP contribution >= 0.6 is 0 Å². The van der Waals surface area contributed by atoms with Crippen LogP contribution in [0.1, 0.15) is 11.1 Å². The van der Waals surface area contributed by atoms with Gasteiger partial charge < -0.3 is 20.2 Å². The van der Waals surface area contributed by atoms with Crippen molar-refractivity contribution in [2.75, 3.05) is 7.11 Å². The van der Waals surface area contributed by atoms with Crippen LogP contribution < -0.4 is 21.4 Å². The van der Waals surface area contributed by atoms with Crippen LogP contribution in [-0.2, 0) is 22.4 Å². The Morgan fingerprint density at radius 1 is 1.17 bits per heavy atom. The summed E-state index contributed by atoms with van der Waals surface area (Å²) in [6, 6.07) is 8.01. The summed E-state index contributed by atoms with van der Waals surface area (Å²) < 4.78 is 37.8. The van der Waals surface area contributed by atoms with Gasteiger partial charge in [-0.3, -0.25) is 9.59 Å². The predicted octanol–water partition coefficient (Wildman–Crippen LogP) is 1.84. The lowest BCUT2D eigenvalue weighted by molar-refractivity contribution is -0.127. The van der Waals surface area contributed by atoms with Gasteiger partial charge in [0.2, 0.25) is 11.8 Å². The van der Waals surface area contributed by atoms with Gasteiger partial charge in [-0.25, -0.2) is 13.6 Å². The average Bonchev–Trinajstić information content (AvgIpc) is 2.69. The number of primary amides is 1. The highest BCUT2D eigenvalue weighted by atomic mass is 19.1. The van der Waals surface area contributed by atoms with Crippen molar-refractivity contribution in [3.63, 3.8) is 0 Å². The lowest BCUT2D eigenvalue weighted by Gasteiger charge is -2.17. The third-order valence-corrected chi connectivity index (χ3v) is 4.54. The van der Waals surface area contributed by atoms with Crippen molar-refractivity contribution in [2.24, 2.45) is 5.73 Å². The van der Waals surface area contributed by atoms with Gasteiger partial charge in [0.1, 0.15) is 29.0 Å². The molecule has 0 radical (unpaired) electrons. The molecule has 0 unspecified atom stereocenters. The molecule has 0 fully saturated rings. The zero-order valence-corrected chi connectivity index (χ0v) is 15.9. The van der Waals surface area contributed by atoms with Gasteiger partial charge in [0.25, 0.3) is 0 Å². The van der Waals surface area contributed by atoms with Crippen molar-refractivity contribution >= 4 is 22.8 Å². The maximum absolute atomic E-state index is 13.8.